The van der Waals surface area contributed by atoms with E-state index >= 15 is 0 Å². The molecule has 2 fully saturated rings. The van der Waals surface area contributed by atoms with Crippen LogP contribution in [0.4, 0.5) is 4.39 Å². The van der Waals surface area contributed by atoms with Gasteiger partial charge in [-0.1, -0.05) is 24.3 Å². The number of carboxylic acids is 1. The third-order valence-electron chi connectivity index (χ3n) is 8.52. The number of ether oxygens (including phenoxy) is 3. The zero-order valence-electron chi connectivity index (χ0n) is 21.4. The predicted octanol–water partition coefficient (Wildman–Crippen LogP) is 4.78. The number of carbonyl (C=O) groups excluding carboxylic acids is 1. The number of methoxy groups -OCH3 is 1. The number of hydrogen-bond acceptors (Lipinski definition) is 5. The Hall–Kier alpha value is -3.13. The number of para-hydroxylation sites is 1. The summed E-state index contributed by atoms with van der Waals surface area (Å²) >= 11 is 0. The zero-order chi connectivity index (χ0) is 26.2. The van der Waals surface area contributed by atoms with Crippen molar-refractivity contribution in [2.45, 2.75) is 57.2 Å². The van der Waals surface area contributed by atoms with Crippen molar-refractivity contribution in [1.82, 2.24) is 4.90 Å². The molecule has 3 heterocycles. The molecule has 0 saturated carbocycles. The van der Waals surface area contributed by atoms with Crippen LogP contribution in [0.25, 0.3) is 0 Å². The first-order chi connectivity index (χ1) is 17.7. The maximum absolute atomic E-state index is 14.1. The van der Waals surface area contributed by atoms with Crippen molar-refractivity contribution in [1.29, 1.82) is 0 Å². The van der Waals surface area contributed by atoms with Crippen LogP contribution >= 0.6 is 0 Å². The highest BCUT2D eigenvalue weighted by Crippen LogP contribution is 2.56. The summed E-state index contributed by atoms with van der Waals surface area (Å²) in [6.45, 7) is 3.84. The average Bonchev–Trinajstić information content (AvgIpc) is 2.88. The molecule has 5 rings (SSSR count). The first kappa shape index (κ1) is 25.5. The number of piperidine rings is 1. The molecular weight excluding hydrogens is 477 g/mol. The minimum absolute atomic E-state index is 0.0139. The summed E-state index contributed by atoms with van der Waals surface area (Å²) in [4.78, 5) is 26.3. The standard InChI is InChI=1S/C29H34FNO6/c1-28(10-9-26(33)34)21-17-29(18-36-27(21)20-5-3-4-6-23(20)37-28)11-13-31(14-12-29)25(32)16-19-7-8-24(35-2)22(30)15-19/h3-8,15,21,27H,9-14,16-18H2,1-2H3,(H,33,34)/t21-,27+,28+/m1/s1. The van der Waals surface area contributed by atoms with Gasteiger partial charge in [0.05, 0.1) is 26.2 Å². The molecule has 2 aromatic rings. The molecule has 1 spiro atoms. The van der Waals surface area contributed by atoms with Crippen molar-refractivity contribution in [2.24, 2.45) is 11.3 Å². The second-order valence-corrected chi connectivity index (χ2v) is 10.9. The van der Waals surface area contributed by atoms with Gasteiger partial charge in [0.25, 0.3) is 0 Å². The summed E-state index contributed by atoms with van der Waals surface area (Å²) in [5.41, 5.74) is 0.898. The maximum atomic E-state index is 14.1. The minimum Gasteiger partial charge on any atom is -0.494 e. The lowest BCUT2D eigenvalue weighted by Gasteiger charge is -2.55. The normalized spacial score (nSPS) is 26.1. The third-order valence-corrected chi connectivity index (χ3v) is 8.52. The van der Waals surface area contributed by atoms with E-state index < -0.39 is 17.4 Å². The Kier molecular flexibility index (Phi) is 6.88. The van der Waals surface area contributed by atoms with Crippen LogP contribution in [0, 0.1) is 17.2 Å². The van der Waals surface area contributed by atoms with Crippen LogP contribution in [-0.4, -0.2) is 54.3 Å². The fourth-order valence-corrected chi connectivity index (χ4v) is 6.27. The highest BCUT2D eigenvalue weighted by atomic mass is 19.1. The van der Waals surface area contributed by atoms with Crippen molar-refractivity contribution < 1.29 is 33.3 Å². The summed E-state index contributed by atoms with van der Waals surface area (Å²) < 4.78 is 32.1. The van der Waals surface area contributed by atoms with Crippen LogP contribution in [0.1, 0.15) is 56.3 Å². The van der Waals surface area contributed by atoms with E-state index in [1.165, 1.54) is 13.2 Å². The van der Waals surface area contributed by atoms with Gasteiger partial charge in [-0.15, -0.1) is 0 Å². The third kappa shape index (κ3) is 5.04. The Morgan fingerprint density at radius 1 is 1.19 bits per heavy atom. The van der Waals surface area contributed by atoms with Gasteiger partial charge in [0.2, 0.25) is 5.91 Å². The highest BCUT2D eigenvalue weighted by molar-refractivity contribution is 5.79. The molecule has 3 atom stereocenters. The highest BCUT2D eigenvalue weighted by Gasteiger charge is 2.54. The van der Waals surface area contributed by atoms with Crippen LogP contribution in [0.2, 0.25) is 0 Å². The van der Waals surface area contributed by atoms with Gasteiger partial charge < -0.3 is 24.2 Å². The van der Waals surface area contributed by atoms with Crippen LogP contribution < -0.4 is 9.47 Å². The SMILES string of the molecule is COc1ccc(CC(=O)N2CCC3(CC2)CO[C@H]2c4ccccc4O[C@@](C)(CCC(=O)O)[C@@H]2C3)cc1F. The largest absolute Gasteiger partial charge is 0.494 e. The van der Waals surface area contributed by atoms with Gasteiger partial charge in [-0.25, -0.2) is 4.39 Å². The summed E-state index contributed by atoms with van der Waals surface area (Å²) in [7, 11) is 1.41. The van der Waals surface area contributed by atoms with Crippen LogP contribution in [0.15, 0.2) is 42.5 Å². The molecule has 0 aliphatic carbocycles. The topological polar surface area (TPSA) is 85.3 Å². The molecule has 1 amide bonds. The molecule has 0 bridgehead atoms. The summed E-state index contributed by atoms with van der Waals surface area (Å²) in [6, 6.07) is 12.5. The number of hydrogen-bond donors (Lipinski definition) is 1. The summed E-state index contributed by atoms with van der Waals surface area (Å²) in [5, 5.41) is 9.37. The number of benzene rings is 2. The molecule has 0 radical (unpaired) electrons. The van der Waals surface area contributed by atoms with E-state index in [1.54, 1.807) is 12.1 Å². The van der Waals surface area contributed by atoms with E-state index in [4.69, 9.17) is 14.2 Å². The minimum atomic E-state index is -0.838. The number of carboxylic acid groups (broad SMARTS) is 1. The molecule has 8 heteroatoms. The number of carbonyl (C=O) groups is 2. The van der Waals surface area contributed by atoms with E-state index in [0.29, 0.717) is 31.7 Å². The van der Waals surface area contributed by atoms with E-state index in [-0.39, 0.29) is 41.9 Å². The molecule has 3 aliphatic rings. The lowest BCUT2D eigenvalue weighted by molar-refractivity contribution is -0.183. The van der Waals surface area contributed by atoms with Crippen LogP contribution in [0.3, 0.4) is 0 Å². The van der Waals surface area contributed by atoms with Crippen molar-refractivity contribution in [2.75, 3.05) is 26.8 Å². The number of halogens is 1. The Balaban J connectivity index is 1.28. The first-order valence-corrected chi connectivity index (χ1v) is 12.9. The van der Waals surface area contributed by atoms with Crippen LogP contribution in [-0.2, 0) is 20.7 Å². The second-order valence-electron chi connectivity index (χ2n) is 10.9. The molecule has 198 valence electrons. The van der Waals surface area contributed by atoms with E-state index in [2.05, 4.69) is 0 Å². The molecule has 2 aromatic carbocycles. The predicted molar refractivity (Wildman–Crippen MR) is 134 cm³/mol. The first-order valence-electron chi connectivity index (χ1n) is 12.9. The Bertz CT molecular complexity index is 1180. The average molecular weight is 512 g/mol. The van der Waals surface area contributed by atoms with Gasteiger partial charge >= 0.3 is 5.97 Å². The molecule has 37 heavy (non-hydrogen) atoms. The van der Waals surface area contributed by atoms with Crippen molar-refractivity contribution in [3.8, 4) is 11.5 Å². The van der Waals surface area contributed by atoms with Gasteiger partial charge in [-0.05, 0) is 61.8 Å². The summed E-state index contributed by atoms with van der Waals surface area (Å²) in [5.74, 6) is -0.383. The lowest BCUT2D eigenvalue weighted by atomic mass is 9.63. The number of aliphatic carboxylic acids is 1. The molecule has 0 unspecified atom stereocenters. The Morgan fingerprint density at radius 2 is 1.95 bits per heavy atom. The molecule has 1 N–H and O–H groups in total. The number of nitrogens with zero attached hydrogens (tertiary/aromatic N) is 1. The quantitative estimate of drug-likeness (QED) is 0.601. The number of likely N-dealkylation sites (tertiary alicyclic amines) is 1. The number of amides is 1. The molecule has 3 aliphatic heterocycles. The van der Waals surface area contributed by atoms with Gasteiger partial charge in [-0.2, -0.15) is 0 Å². The summed E-state index contributed by atoms with van der Waals surface area (Å²) in [6.07, 6.45) is 2.90. The zero-order valence-corrected chi connectivity index (χ0v) is 21.4. The van der Waals surface area contributed by atoms with Crippen molar-refractivity contribution in [3.05, 3.63) is 59.4 Å². The number of rotatable bonds is 6. The van der Waals surface area contributed by atoms with Crippen molar-refractivity contribution >= 4 is 11.9 Å². The fraction of sp³-hybridized carbons (Fsp3) is 0.517. The molecular formula is C29H34FNO6. The van der Waals surface area contributed by atoms with Crippen LogP contribution in [0.5, 0.6) is 11.5 Å². The lowest BCUT2D eigenvalue weighted by Crippen LogP contribution is -2.56. The van der Waals surface area contributed by atoms with E-state index in [1.807, 2.05) is 36.1 Å². The van der Waals surface area contributed by atoms with E-state index in [9.17, 15) is 19.1 Å². The monoisotopic (exact) mass is 511 g/mol. The van der Waals surface area contributed by atoms with Gasteiger partial charge in [0, 0.05) is 31.0 Å². The van der Waals surface area contributed by atoms with Gasteiger partial charge in [0.15, 0.2) is 11.6 Å². The van der Waals surface area contributed by atoms with Gasteiger partial charge in [0.1, 0.15) is 11.4 Å². The second kappa shape index (κ2) is 9.97. The number of fused-ring (bicyclic) bond motifs is 3. The van der Waals surface area contributed by atoms with Crippen molar-refractivity contribution in [3.63, 3.8) is 0 Å². The maximum Gasteiger partial charge on any atom is 0.303 e. The fourth-order valence-electron chi connectivity index (χ4n) is 6.27. The Morgan fingerprint density at radius 3 is 2.65 bits per heavy atom. The molecule has 7 nitrogen and oxygen atoms in total. The van der Waals surface area contributed by atoms with E-state index in [0.717, 1.165) is 30.6 Å². The smallest absolute Gasteiger partial charge is 0.303 e. The Labute approximate surface area is 216 Å². The van der Waals surface area contributed by atoms with Gasteiger partial charge in [-0.3, -0.25) is 9.59 Å². The molecule has 2 saturated heterocycles. The molecule has 0 aromatic heterocycles.